The normalized spacial score (nSPS) is 25.1. The molecule has 0 aromatic carbocycles. The van der Waals surface area contributed by atoms with E-state index < -0.39 is 0 Å². The Hall–Kier alpha value is -0.610. The molecule has 0 radical (unpaired) electrons. The van der Waals surface area contributed by atoms with Crippen LogP contribution < -0.4 is 0 Å². The number of aliphatic hydroxyl groups excluding tert-OH is 1. The molecule has 1 rings (SSSR count). The molecule has 2 unspecified atom stereocenters. The molecule has 1 amide bonds. The lowest BCUT2D eigenvalue weighted by Gasteiger charge is -2.35. The number of carbonyl (C=O) groups excluding carboxylic acids is 1. The number of amides is 1. The number of piperidine rings is 1. The Balaban J connectivity index is 2.42. The van der Waals surface area contributed by atoms with E-state index in [-0.39, 0.29) is 17.9 Å². The predicted octanol–water partition coefficient (Wildman–Crippen LogP) is 1.34. The van der Waals surface area contributed by atoms with Gasteiger partial charge >= 0.3 is 0 Å². The van der Waals surface area contributed by atoms with Crippen molar-refractivity contribution >= 4 is 5.91 Å². The van der Waals surface area contributed by atoms with Crippen LogP contribution >= 0.6 is 0 Å². The van der Waals surface area contributed by atoms with Crippen molar-refractivity contribution in [3.63, 3.8) is 0 Å². The zero-order valence-electron chi connectivity index (χ0n) is 12.1. The van der Waals surface area contributed by atoms with E-state index in [1.165, 1.54) is 0 Å². The van der Waals surface area contributed by atoms with Crippen molar-refractivity contribution in [2.75, 3.05) is 32.7 Å². The molecule has 0 aromatic heterocycles. The SMILES string of the molecule is CCCN(CCC)C(=O)CN1CCC(O)C(C)C1. The zero-order chi connectivity index (χ0) is 13.5. The van der Waals surface area contributed by atoms with E-state index >= 15 is 0 Å². The molecule has 0 saturated carbocycles. The van der Waals surface area contributed by atoms with Gasteiger partial charge in [0.15, 0.2) is 0 Å². The third-order valence-corrected chi connectivity index (χ3v) is 3.64. The molecule has 18 heavy (non-hydrogen) atoms. The molecule has 106 valence electrons. The average molecular weight is 256 g/mol. The van der Waals surface area contributed by atoms with Crippen LogP contribution in [0.3, 0.4) is 0 Å². The number of hydrogen-bond acceptors (Lipinski definition) is 3. The third-order valence-electron chi connectivity index (χ3n) is 3.64. The highest BCUT2D eigenvalue weighted by Crippen LogP contribution is 2.16. The Morgan fingerprint density at radius 2 is 1.94 bits per heavy atom. The van der Waals surface area contributed by atoms with Crippen molar-refractivity contribution in [2.24, 2.45) is 5.92 Å². The van der Waals surface area contributed by atoms with Gasteiger partial charge in [0, 0.05) is 26.2 Å². The lowest BCUT2D eigenvalue weighted by molar-refractivity contribution is -0.133. The molecule has 1 aliphatic rings. The van der Waals surface area contributed by atoms with Crippen LogP contribution in [0.15, 0.2) is 0 Å². The van der Waals surface area contributed by atoms with E-state index in [4.69, 9.17) is 0 Å². The number of likely N-dealkylation sites (tertiary alicyclic amines) is 1. The molecule has 4 nitrogen and oxygen atoms in total. The molecule has 1 aliphatic heterocycles. The lowest BCUT2D eigenvalue weighted by atomic mass is 9.97. The molecule has 0 aliphatic carbocycles. The predicted molar refractivity (Wildman–Crippen MR) is 73.4 cm³/mol. The molecule has 4 heteroatoms. The van der Waals surface area contributed by atoms with Crippen LogP contribution in [0.2, 0.25) is 0 Å². The standard InChI is InChI=1S/C14H28N2O2/c1-4-7-16(8-5-2)14(18)11-15-9-6-13(17)12(3)10-15/h12-13,17H,4-11H2,1-3H3. The smallest absolute Gasteiger partial charge is 0.236 e. The highest BCUT2D eigenvalue weighted by Gasteiger charge is 2.26. The van der Waals surface area contributed by atoms with Gasteiger partial charge in [0.05, 0.1) is 12.6 Å². The largest absolute Gasteiger partial charge is 0.393 e. The van der Waals surface area contributed by atoms with E-state index in [0.29, 0.717) is 6.54 Å². The van der Waals surface area contributed by atoms with Crippen molar-refractivity contribution < 1.29 is 9.90 Å². The summed E-state index contributed by atoms with van der Waals surface area (Å²) < 4.78 is 0. The van der Waals surface area contributed by atoms with E-state index in [1.807, 2.05) is 4.90 Å². The number of aliphatic hydroxyl groups is 1. The van der Waals surface area contributed by atoms with Crippen LogP contribution in [-0.2, 0) is 4.79 Å². The zero-order valence-corrected chi connectivity index (χ0v) is 12.1. The fourth-order valence-electron chi connectivity index (χ4n) is 2.56. The molecule has 0 bridgehead atoms. The van der Waals surface area contributed by atoms with Crippen molar-refractivity contribution in [1.29, 1.82) is 0 Å². The molecule has 0 aromatic rings. The van der Waals surface area contributed by atoms with Crippen molar-refractivity contribution in [3.05, 3.63) is 0 Å². The summed E-state index contributed by atoms with van der Waals surface area (Å²) in [5, 5.41) is 9.69. The van der Waals surface area contributed by atoms with Crippen molar-refractivity contribution in [2.45, 2.75) is 46.1 Å². The van der Waals surface area contributed by atoms with Crippen LogP contribution in [0.25, 0.3) is 0 Å². The molecular weight excluding hydrogens is 228 g/mol. The minimum atomic E-state index is -0.196. The second kappa shape index (κ2) is 7.74. The van der Waals surface area contributed by atoms with Gasteiger partial charge < -0.3 is 10.0 Å². The first kappa shape index (κ1) is 15.4. The Morgan fingerprint density at radius 1 is 1.33 bits per heavy atom. The first-order valence-corrected chi connectivity index (χ1v) is 7.26. The van der Waals surface area contributed by atoms with E-state index in [2.05, 4.69) is 25.7 Å². The van der Waals surface area contributed by atoms with Crippen molar-refractivity contribution in [3.8, 4) is 0 Å². The number of hydrogen-bond donors (Lipinski definition) is 1. The molecule has 1 fully saturated rings. The molecular formula is C14H28N2O2. The Kier molecular flexibility index (Phi) is 6.65. The van der Waals surface area contributed by atoms with Crippen LogP contribution in [-0.4, -0.2) is 59.6 Å². The first-order valence-electron chi connectivity index (χ1n) is 7.26. The Labute approximate surface area is 111 Å². The minimum Gasteiger partial charge on any atom is -0.393 e. The van der Waals surface area contributed by atoms with Gasteiger partial charge in [-0.2, -0.15) is 0 Å². The average Bonchev–Trinajstić information content (AvgIpc) is 2.33. The second-order valence-electron chi connectivity index (χ2n) is 5.45. The van der Waals surface area contributed by atoms with E-state index in [0.717, 1.165) is 45.4 Å². The van der Waals surface area contributed by atoms with Crippen LogP contribution in [0, 0.1) is 5.92 Å². The van der Waals surface area contributed by atoms with E-state index in [1.54, 1.807) is 0 Å². The highest BCUT2D eigenvalue weighted by molar-refractivity contribution is 5.78. The monoisotopic (exact) mass is 256 g/mol. The van der Waals surface area contributed by atoms with Gasteiger partial charge in [-0.25, -0.2) is 0 Å². The van der Waals surface area contributed by atoms with Crippen molar-refractivity contribution in [1.82, 2.24) is 9.80 Å². The van der Waals surface area contributed by atoms with Gasteiger partial charge in [-0.3, -0.25) is 9.69 Å². The quantitative estimate of drug-likeness (QED) is 0.780. The van der Waals surface area contributed by atoms with Crippen LogP contribution in [0.4, 0.5) is 0 Å². The maximum atomic E-state index is 12.2. The lowest BCUT2D eigenvalue weighted by Crippen LogP contribution is -2.47. The van der Waals surface area contributed by atoms with Gasteiger partial charge in [0.1, 0.15) is 0 Å². The number of carbonyl (C=O) groups is 1. The molecule has 1 heterocycles. The van der Waals surface area contributed by atoms with Gasteiger partial charge in [-0.1, -0.05) is 20.8 Å². The van der Waals surface area contributed by atoms with Gasteiger partial charge in [0.25, 0.3) is 0 Å². The maximum Gasteiger partial charge on any atom is 0.236 e. The van der Waals surface area contributed by atoms with Crippen LogP contribution in [0.1, 0.15) is 40.0 Å². The summed E-state index contributed by atoms with van der Waals surface area (Å²) in [5.74, 6) is 0.514. The molecule has 0 spiro atoms. The summed E-state index contributed by atoms with van der Waals surface area (Å²) in [6, 6.07) is 0. The summed E-state index contributed by atoms with van der Waals surface area (Å²) >= 11 is 0. The molecule has 2 atom stereocenters. The van der Waals surface area contributed by atoms with Gasteiger partial charge in [-0.05, 0) is 25.2 Å². The summed E-state index contributed by atoms with van der Waals surface area (Å²) in [5.41, 5.74) is 0. The number of rotatable bonds is 6. The van der Waals surface area contributed by atoms with Crippen LogP contribution in [0.5, 0.6) is 0 Å². The maximum absolute atomic E-state index is 12.2. The second-order valence-corrected chi connectivity index (χ2v) is 5.45. The first-order chi connectivity index (χ1) is 8.58. The summed E-state index contributed by atoms with van der Waals surface area (Å²) in [6.07, 6.45) is 2.62. The summed E-state index contributed by atoms with van der Waals surface area (Å²) in [4.78, 5) is 16.3. The Morgan fingerprint density at radius 3 is 2.44 bits per heavy atom. The van der Waals surface area contributed by atoms with E-state index in [9.17, 15) is 9.90 Å². The summed E-state index contributed by atoms with van der Waals surface area (Å²) in [7, 11) is 0. The fraction of sp³-hybridized carbons (Fsp3) is 0.929. The fourth-order valence-corrected chi connectivity index (χ4v) is 2.56. The number of nitrogens with zero attached hydrogens (tertiary/aromatic N) is 2. The molecule has 1 saturated heterocycles. The summed E-state index contributed by atoms with van der Waals surface area (Å²) in [6.45, 7) is 10.2. The third kappa shape index (κ3) is 4.58. The topological polar surface area (TPSA) is 43.8 Å². The Bertz CT molecular complexity index is 252. The highest BCUT2D eigenvalue weighted by atomic mass is 16.3. The van der Waals surface area contributed by atoms with Gasteiger partial charge in [-0.15, -0.1) is 0 Å². The van der Waals surface area contributed by atoms with Gasteiger partial charge in [0.2, 0.25) is 5.91 Å². The minimum absolute atomic E-state index is 0.196. The molecule has 1 N–H and O–H groups in total.